The molecule has 0 radical (unpaired) electrons. The molecule has 0 N–H and O–H groups in total. The van der Waals surface area contributed by atoms with Gasteiger partial charge in [0.1, 0.15) is 33.8 Å². The van der Waals surface area contributed by atoms with Gasteiger partial charge in [-0.25, -0.2) is 29.9 Å². The number of fused-ring (bicyclic) bond motifs is 36. The van der Waals surface area contributed by atoms with E-state index in [1.807, 2.05) is 54.9 Å². The van der Waals surface area contributed by atoms with Crippen LogP contribution in [0.15, 0.2) is 316 Å². The highest BCUT2D eigenvalue weighted by Crippen LogP contribution is 2.39. The Morgan fingerprint density at radius 3 is 0.950 bits per heavy atom. The Bertz CT molecular complexity index is 6680. The molecule has 12 nitrogen and oxygen atoms in total. The molecule has 100 heavy (non-hydrogen) atoms. The fraction of sp³-hybridized carbons (Fsp3) is 0. The van der Waals surface area contributed by atoms with Crippen molar-refractivity contribution < 1.29 is 0 Å². The molecule has 0 aliphatic carbocycles. The van der Waals surface area contributed by atoms with Crippen LogP contribution in [-0.2, 0) is 0 Å². The molecular formula is C88H52N12. The van der Waals surface area contributed by atoms with Crippen LogP contribution < -0.4 is 0 Å². The molecule has 12 heteroatoms. The molecule has 0 saturated carbocycles. The standard InChI is InChI=1S/C23H14N2.2C22H13N3.C21H12N4/c1-2-8-16-14-19-18(13-15(16)7-1)17-9-3-5-11-21(17)25-22-12-6-4-10-20(22)24-23(19)25;1-2-7-15-13-18-17(12-14(15)6-1)16-8-5-11-23-21(16)25-20-10-4-3-9-19(20)24-22(18)25;1-2-7-15-13-17-16(12-14(15)6-1)21-20(10-5-11-23-21)25-19-9-4-3-8-18(19)24-22(17)25;1-2-6-14-12-16-15(11-13(14)5-1)19-21(23-10-9-22-19)25-18-8-4-3-7-17(18)24-20(16)25/h1-14H;2*1-13H;1-12H. The number of hydrogen-bond donors (Lipinski definition) is 0. The fourth-order valence-corrected chi connectivity index (χ4v) is 15.4. The number of aromatic nitrogens is 12. The van der Waals surface area contributed by atoms with E-state index in [1.165, 1.54) is 70.2 Å². The molecule has 0 saturated heterocycles. The lowest BCUT2D eigenvalue weighted by Gasteiger charge is -2.10. The Morgan fingerprint density at radius 1 is 0.170 bits per heavy atom. The van der Waals surface area contributed by atoms with Crippen LogP contribution in [0.5, 0.6) is 0 Å². The van der Waals surface area contributed by atoms with Crippen molar-refractivity contribution in [3.05, 3.63) is 316 Å². The predicted octanol–water partition coefficient (Wildman–Crippen LogP) is 21.4. The second-order valence-corrected chi connectivity index (χ2v) is 25.5. The van der Waals surface area contributed by atoms with Gasteiger partial charge in [0.25, 0.3) is 0 Å². The molecule has 13 aromatic carbocycles. The quantitative estimate of drug-likeness (QED) is 0.109. The van der Waals surface area contributed by atoms with Crippen LogP contribution in [0.4, 0.5) is 0 Å². The lowest BCUT2D eigenvalue weighted by Crippen LogP contribution is -1.95. The summed E-state index contributed by atoms with van der Waals surface area (Å²) < 4.78 is 8.83. The lowest BCUT2D eigenvalue weighted by molar-refractivity contribution is 1.19. The smallest absolute Gasteiger partial charge is 0.165 e. The van der Waals surface area contributed by atoms with Gasteiger partial charge in [-0.2, -0.15) is 0 Å². The average Bonchev–Trinajstić information content (AvgIpc) is 1.52. The van der Waals surface area contributed by atoms with Gasteiger partial charge in [-0.05, 0) is 181 Å². The minimum absolute atomic E-state index is 0.842. The number of rotatable bonds is 0. The fourth-order valence-electron chi connectivity index (χ4n) is 15.4. The number of imidazole rings is 4. The topological polar surface area (TPSA) is 121 Å². The maximum Gasteiger partial charge on any atom is 0.165 e. The second kappa shape index (κ2) is 21.8. The van der Waals surface area contributed by atoms with Gasteiger partial charge in [-0.1, -0.05) is 164 Å². The van der Waals surface area contributed by atoms with Crippen molar-refractivity contribution in [1.82, 2.24) is 57.5 Å². The molecule has 0 fully saturated rings. The lowest BCUT2D eigenvalue weighted by atomic mass is 10.0. The van der Waals surface area contributed by atoms with E-state index in [-0.39, 0.29) is 0 Å². The molecule has 24 rings (SSSR count). The number of benzene rings is 13. The van der Waals surface area contributed by atoms with Crippen LogP contribution in [-0.4, -0.2) is 57.5 Å². The summed E-state index contributed by atoms with van der Waals surface area (Å²) >= 11 is 0. The van der Waals surface area contributed by atoms with Gasteiger partial charge in [0.15, 0.2) is 5.65 Å². The van der Waals surface area contributed by atoms with Crippen molar-refractivity contribution in [3.8, 4) is 0 Å². The summed E-state index contributed by atoms with van der Waals surface area (Å²) in [5.41, 5.74) is 18.3. The number of hydrogen-bond acceptors (Lipinski definition) is 8. The zero-order valence-corrected chi connectivity index (χ0v) is 53.4. The molecule has 0 amide bonds. The van der Waals surface area contributed by atoms with Gasteiger partial charge >= 0.3 is 0 Å². The van der Waals surface area contributed by atoms with Crippen molar-refractivity contribution >= 4 is 197 Å². The molecule has 0 atom stereocenters. The van der Waals surface area contributed by atoms with E-state index in [9.17, 15) is 0 Å². The first-order chi connectivity index (χ1) is 49.6. The number of pyridine rings is 6. The van der Waals surface area contributed by atoms with E-state index in [1.54, 1.807) is 12.4 Å². The number of para-hydroxylation sites is 9. The van der Waals surface area contributed by atoms with Gasteiger partial charge in [0.2, 0.25) is 0 Å². The van der Waals surface area contributed by atoms with Gasteiger partial charge in [0.05, 0.1) is 60.7 Å². The second-order valence-electron chi connectivity index (χ2n) is 25.5. The van der Waals surface area contributed by atoms with Crippen molar-refractivity contribution in [1.29, 1.82) is 0 Å². The van der Waals surface area contributed by atoms with Crippen molar-refractivity contribution in [2.24, 2.45) is 0 Å². The normalized spacial score (nSPS) is 12.0. The minimum atomic E-state index is 0.842. The summed E-state index contributed by atoms with van der Waals surface area (Å²) in [7, 11) is 0. The molecule has 24 aromatic rings. The summed E-state index contributed by atoms with van der Waals surface area (Å²) in [6, 6.07) is 102. The van der Waals surface area contributed by atoms with Crippen LogP contribution in [0, 0.1) is 0 Å². The summed E-state index contributed by atoms with van der Waals surface area (Å²) in [4.78, 5) is 38.4. The SMILES string of the molecule is c1ccc2cc3c(cc2c1)c1ccccc1n1c2ccccc2nc31.c1ccc2cc3c(cc2c1)c1cccnc1n1c2ccccc2nc31.c1ccc2cc3c(cc2c1)c1ncccc1n1c2ccccc2nc31.c1ccc2cc3c(cc2c1)c1nccnc1n1c2ccccc2nc31. The third kappa shape index (κ3) is 8.47. The highest BCUT2D eigenvalue weighted by molar-refractivity contribution is 6.21. The van der Waals surface area contributed by atoms with E-state index in [0.29, 0.717) is 0 Å². The van der Waals surface area contributed by atoms with Crippen molar-refractivity contribution in [3.63, 3.8) is 0 Å². The van der Waals surface area contributed by atoms with Crippen LogP contribution in [0.3, 0.4) is 0 Å². The van der Waals surface area contributed by atoms with E-state index in [0.717, 1.165) is 127 Å². The van der Waals surface area contributed by atoms with E-state index < -0.39 is 0 Å². The molecular weight excluding hydrogens is 1230 g/mol. The Morgan fingerprint density at radius 2 is 0.460 bits per heavy atom. The van der Waals surface area contributed by atoms with Gasteiger partial charge < -0.3 is 0 Å². The monoisotopic (exact) mass is 1280 g/mol. The first kappa shape index (κ1) is 55.4. The first-order valence-corrected chi connectivity index (χ1v) is 33.5. The predicted molar refractivity (Wildman–Crippen MR) is 412 cm³/mol. The largest absolute Gasteiger partial charge is 0.292 e. The van der Waals surface area contributed by atoms with Gasteiger partial charge in [-0.3, -0.25) is 27.6 Å². The zero-order valence-electron chi connectivity index (χ0n) is 53.4. The molecule has 11 heterocycles. The number of nitrogens with zero attached hydrogens (tertiary/aromatic N) is 12. The third-order valence-corrected chi connectivity index (χ3v) is 19.9. The molecule has 0 spiro atoms. The molecule has 0 bridgehead atoms. The van der Waals surface area contributed by atoms with Crippen LogP contribution in [0.1, 0.15) is 0 Å². The summed E-state index contributed by atoms with van der Waals surface area (Å²) in [5.74, 6) is 0. The summed E-state index contributed by atoms with van der Waals surface area (Å²) in [6.07, 6.45) is 7.21. The first-order valence-electron chi connectivity index (χ1n) is 33.5. The highest BCUT2D eigenvalue weighted by Gasteiger charge is 2.20. The van der Waals surface area contributed by atoms with Gasteiger partial charge in [0, 0.05) is 67.9 Å². The third-order valence-electron chi connectivity index (χ3n) is 19.9. The molecule has 0 unspecified atom stereocenters. The van der Waals surface area contributed by atoms with E-state index in [4.69, 9.17) is 24.9 Å². The summed E-state index contributed by atoms with van der Waals surface area (Å²) in [5, 5.41) is 21.5. The van der Waals surface area contributed by atoms with Crippen LogP contribution in [0.2, 0.25) is 0 Å². The van der Waals surface area contributed by atoms with Crippen LogP contribution >= 0.6 is 0 Å². The molecule has 0 aliphatic heterocycles. The molecule has 464 valence electrons. The Balaban J connectivity index is 0.0000000873. The van der Waals surface area contributed by atoms with Crippen molar-refractivity contribution in [2.45, 2.75) is 0 Å². The van der Waals surface area contributed by atoms with Crippen LogP contribution in [0.25, 0.3) is 197 Å². The summed E-state index contributed by atoms with van der Waals surface area (Å²) in [6.45, 7) is 0. The molecule has 11 aromatic heterocycles. The van der Waals surface area contributed by atoms with E-state index >= 15 is 0 Å². The average molecular weight is 1280 g/mol. The highest BCUT2D eigenvalue weighted by atomic mass is 15.1. The minimum Gasteiger partial charge on any atom is -0.292 e. The Hall–Kier alpha value is -13.8. The Labute approximate surface area is 567 Å². The maximum absolute atomic E-state index is 4.96. The zero-order chi connectivity index (χ0) is 65.5. The van der Waals surface area contributed by atoms with Crippen molar-refractivity contribution in [2.75, 3.05) is 0 Å². The maximum atomic E-state index is 4.96. The van der Waals surface area contributed by atoms with Gasteiger partial charge in [-0.15, -0.1) is 0 Å². The Kier molecular flexibility index (Phi) is 12.1. The van der Waals surface area contributed by atoms with E-state index in [2.05, 4.69) is 281 Å². The molecule has 0 aliphatic rings.